The lowest BCUT2D eigenvalue weighted by molar-refractivity contribution is -0.131. The first-order valence-electron chi connectivity index (χ1n) is 7.24. The first kappa shape index (κ1) is 15.5. The third-order valence-corrected chi connectivity index (χ3v) is 3.73. The number of nitrogens with zero attached hydrogens (tertiary/aromatic N) is 1. The van der Waals surface area contributed by atoms with Crippen molar-refractivity contribution in [1.82, 2.24) is 4.90 Å². The van der Waals surface area contributed by atoms with Crippen LogP contribution in [0.2, 0.25) is 0 Å². The van der Waals surface area contributed by atoms with Crippen LogP contribution in [-0.4, -0.2) is 48.2 Å². The van der Waals surface area contributed by atoms with Crippen LogP contribution >= 0.6 is 0 Å². The van der Waals surface area contributed by atoms with E-state index in [1.54, 1.807) is 24.1 Å². The second-order valence-electron chi connectivity index (χ2n) is 5.44. The fourth-order valence-corrected chi connectivity index (χ4v) is 2.43. The minimum absolute atomic E-state index is 0.0206. The predicted molar refractivity (Wildman–Crippen MR) is 78.3 cm³/mol. The van der Waals surface area contributed by atoms with Crippen molar-refractivity contribution in [2.45, 2.75) is 31.8 Å². The number of carbonyl (C=O) groups is 2. The topological polar surface area (TPSA) is 66.8 Å². The molecule has 1 atom stereocenters. The van der Waals surface area contributed by atoms with Gasteiger partial charge in [-0.3, -0.25) is 4.79 Å². The predicted octanol–water partition coefficient (Wildman–Crippen LogP) is 1.95. The Morgan fingerprint density at radius 2 is 2.00 bits per heavy atom. The molecule has 1 saturated heterocycles. The first-order chi connectivity index (χ1) is 10.1. The van der Waals surface area contributed by atoms with Crippen LogP contribution in [-0.2, 0) is 16.0 Å². The van der Waals surface area contributed by atoms with Gasteiger partial charge in [-0.05, 0) is 37.0 Å². The zero-order valence-corrected chi connectivity index (χ0v) is 12.2. The quantitative estimate of drug-likeness (QED) is 0.900. The lowest BCUT2D eigenvalue weighted by atomic mass is 10.1. The molecule has 5 nitrogen and oxygen atoms in total. The summed E-state index contributed by atoms with van der Waals surface area (Å²) in [6.07, 6.45) is 3.68. The lowest BCUT2D eigenvalue weighted by Gasteiger charge is -2.27. The van der Waals surface area contributed by atoms with E-state index in [2.05, 4.69) is 0 Å². The Balaban J connectivity index is 1.86. The van der Waals surface area contributed by atoms with E-state index < -0.39 is 5.97 Å². The van der Waals surface area contributed by atoms with Gasteiger partial charge < -0.3 is 14.7 Å². The average molecular weight is 291 g/mol. The van der Waals surface area contributed by atoms with Gasteiger partial charge in [-0.1, -0.05) is 12.1 Å². The summed E-state index contributed by atoms with van der Waals surface area (Å²) < 4.78 is 5.63. The van der Waals surface area contributed by atoms with Gasteiger partial charge in [0.25, 0.3) is 0 Å². The molecule has 1 heterocycles. The molecule has 114 valence electrons. The van der Waals surface area contributed by atoms with Gasteiger partial charge in [-0.15, -0.1) is 0 Å². The molecule has 1 N–H and O–H groups in total. The van der Waals surface area contributed by atoms with Gasteiger partial charge in [0, 0.05) is 20.2 Å². The highest BCUT2D eigenvalue weighted by Crippen LogP contribution is 2.14. The van der Waals surface area contributed by atoms with Crippen molar-refractivity contribution in [3.8, 4) is 0 Å². The van der Waals surface area contributed by atoms with Crippen molar-refractivity contribution in [2.75, 3.05) is 20.2 Å². The molecule has 0 saturated carbocycles. The van der Waals surface area contributed by atoms with E-state index in [1.807, 2.05) is 0 Å². The molecule has 1 amide bonds. The highest BCUT2D eigenvalue weighted by Gasteiger charge is 2.19. The highest BCUT2D eigenvalue weighted by atomic mass is 16.5. The molecule has 21 heavy (non-hydrogen) atoms. The Bertz CT molecular complexity index is 492. The smallest absolute Gasteiger partial charge is 0.335 e. The van der Waals surface area contributed by atoms with Gasteiger partial charge in [0.05, 0.1) is 18.1 Å². The molecule has 1 fully saturated rings. The van der Waals surface area contributed by atoms with Gasteiger partial charge in [-0.25, -0.2) is 4.79 Å². The van der Waals surface area contributed by atoms with Gasteiger partial charge in [-0.2, -0.15) is 0 Å². The first-order valence-corrected chi connectivity index (χ1v) is 7.24. The van der Waals surface area contributed by atoms with Crippen LogP contribution in [0.5, 0.6) is 0 Å². The van der Waals surface area contributed by atoms with Crippen LogP contribution in [0.1, 0.15) is 35.2 Å². The lowest BCUT2D eigenvalue weighted by Crippen LogP contribution is -2.37. The summed E-state index contributed by atoms with van der Waals surface area (Å²) in [5.74, 6) is -0.938. The number of amides is 1. The van der Waals surface area contributed by atoms with Gasteiger partial charge >= 0.3 is 5.97 Å². The standard InChI is InChI=1S/C16H21NO4/c1-17(11-14-4-2-3-9-21-14)15(18)10-12-5-7-13(8-6-12)16(19)20/h5-8,14H,2-4,9-11H2,1H3,(H,19,20). The van der Waals surface area contributed by atoms with E-state index in [1.165, 1.54) is 12.1 Å². The number of rotatable bonds is 5. The molecule has 0 radical (unpaired) electrons. The number of hydrogen-bond donors (Lipinski definition) is 1. The van der Waals surface area contributed by atoms with Crippen molar-refractivity contribution >= 4 is 11.9 Å². The van der Waals surface area contributed by atoms with Crippen LogP contribution in [0.3, 0.4) is 0 Å². The Labute approximate surface area is 124 Å². The fraction of sp³-hybridized carbons (Fsp3) is 0.500. The molecule has 0 spiro atoms. The molecule has 1 aromatic carbocycles. The van der Waals surface area contributed by atoms with Crippen molar-refractivity contribution in [3.63, 3.8) is 0 Å². The van der Waals surface area contributed by atoms with E-state index in [-0.39, 0.29) is 24.0 Å². The maximum atomic E-state index is 12.2. The minimum atomic E-state index is -0.959. The zero-order chi connectivity index (χ0) is 15.2. The summed E-state index contributed by atoms with van der Waals surface area (Å²) in [7, 11) is 1.78. The van der Waals surface area contributed by atoms with Crippen molar-refractivity contribution in [3.05, 3.63) is 35.4 Å². The molecular formula is C16H21NO4. The maximum absolute atomic E-state index is 12.2. The summed E-state index contributed by atoms with van der Waals surface area (Å²) in [4.78, 5) is 24.6. The average Bonchev–Trinajstić information content (AvgIpc) is 2.48. The second-order valence-corrected chi connectivity index (χ2v) is 5.44. The molecule has 1 aliphatic rings. The number of aromatic carboxylic acids is 1. The minimum Gasteiger partial charge on any atom is -0.478 e. The Kier molecular flexibility index (Phi) is 5.33. The summed E-state index contributed by atoms with van der Waals surface area (Å²) in [5.41, 5.74) is 1.05. The van der Waals surface area contributed by atoms with Crippen LogP contribution in [0.4, 0.5) is 0 Å². The SMILES string of the molecule is CN(CC1CCCCO1)C(=O)Cc1ccc(C(=O)O)cc1. The summed E-state index contributed by atoms with van der Waals surface area (Å²) in [6.45, 7) is 1.40. The molecule has 0 aliphatic carbocycles. The van der Waals surface area contributed by atoms with Crippen LogP contribution < -0.4 is 0 Å². The molecule has 2 rings (SSSR count). The normalized spacial score (nSPS) is 18.2. The number of ether oxygens (including phenoxy) is 1. The van der Waals surface area contributed by atoms with Crippen LogP contribution in [0.15, 0.2) is 24.3 Å². The Morgan fingerprint density at radius 1 is 1.29 bits per heavy atom. The fourth-order valence-electron chi connectivity index (χ4n) is 2.43. The number of carboxylic acid groups (broad SMARTS) is 1. The molecular weight excluding hydrogens is 270 g/mol. The zero-order valence-electron chi connectivity index (χ0n) is 12.2. The molecule has 0 bridgehead atoms. The Morgan fingerprint density at radius 3 is 2.57 bits per heavy atom. The third-order valence-electron chi connectivity index (χ3n) is 3.73. The Hall–Kier alpha value is -1.88. The second kappa shape index (κ2) is 7.22. The molecule has 1 aliphatic heterocycles. The van der Waals surface area contributed by atoms with Crippen LogP contribution in [0.25, 0.3) is 0 Å². The number of likely N-dealkylation sites (N-methyl/N-ethyl adjacent to an activating group) is 1. The van der Waals surface area contributed by atoms with Crippen molar-refractivity contribution in [2.24, 2.45) is 0 Å². The third kappa shape index (κ3) is 4.56. The number of carboxylic acids is 1. The highest BCUT2D eigenvalue weighted by molar-refractivity contribution is 5.87. The van der Waals surface area contributed by atoms with Crippen molar-refractivity contribution < 1.29 is 19.4 Å². The van der Waals surface area contributed by atoms with Gasteiger partial charge in [0.15, 0.2) is 0 Å². The van der Waals surface area contributed by atoms with Crippen molar-refractivity contribution in [1.29, 1.82) is 0 Å². The van der Waals surface area contributed by atoms with Crippen LogP contribution in [0, 0.1) is 0 Å². The van der Waals surface area contributed by atoms with E-state index >= 15 is 0 Å². The van der Waals surface area contributed by atoms with E-state index in [9.17, 15) is 9.59 Å². The van der Waals surface area contributed by atoms with E-state index in [0.717, 1.165) is 31.4 Å². The summed E-state index contributed by atoms with van der Waals surface area (Å²) >= 11 is 0. The van der Waals surface area contributed by atoms with E-state index in [4.69, 9.17) is 9.84 Å². The molecule has 0 aromatic heterocycles. The largest absolute Gasteiger partial charge is 0.478 e. The van der Waals surface area contributed by atoms with Gasteiger partial charge in [0.1, 0.15) is 0 Å². The number of benzene rings is 1. The van der Waals surface area contributed by atoms with E-state index in [0.29, 0.717) is 6.54 Å². The summed E-state index contributed by atoms with van der Waals surface area (Å²) in [6, 6.07) is 6.42. The maximum Gasteiger partial charge on any atom is 0.335 e. The number of carbonyl (C=O) groups excluding carboxylic acids is 1. The number of hydrogen-bond acceptors (Lipinski definition) is 3. The summed E-state index contributed by atoms with van der Waals surface area (Å²) in [5, 5.41) is 8.84. The molecule has 5 heteroatoms. The monoisotopic (exact) mass is 291 g/mol. The molecule has 1 unspecified atom stereocenters. The molecule has 1 aromatic rings. The van der Waals surface area contributed by atoms with Gasteiger partial charge in [0.2, 0.25) is 5.91 Å².